The zero-order valence-corrected chi connectivity index (χ0v) is 19.5. The van der Waals surface area contributed by atoms with Gasteiger partial charge < -0.3 is 20.3 Å². The van der Waals surface area contributed by atoms with E-state index in [-0.39, 0.29) is 0 Å². The van der Waals surface area contributed by atoms with E-state index in [1.54, 1.807) is 36.9 Å². The highest BCUT2D eigenvalue weighted by Crippen LogP contribution is 2.26. The molecule has 1 amide bonds. The van der Waals surface area contributed by atoms with Crippen molar-refractivity contribution in [1.82, 2.24) is 24.9 Å². The lowest BCUT2D eigenvalue weighted by Crippen LogP contribution is -2.36. The number of carbonyl (C=O) groups excluding carboxylic acids is 1. The Morgan fingerprint density at radius 1 is 1.03 bits per heavy atom. The number of amides is 1. The smallest absolute Gasteiger partial charge is 0.250 e. The topological polar surface area (TPSA) is 118 Å². The van der Waals surface area contributed by atoms with Crippen molar-refractivity contribution >= 4 is 40.0 Å². The largest absolute Gasteiger partial charge is 0.378 e. The lowest BCUT2D eigenvalue weighted by Gasteiger charge is -2.27. The Kier molecular flexibility index (Phi) is 6.72. The van der Waals surface area contributed by atoms with Crippen LogP contribution in [0.4, 0.5) is 27.5 Å². The van der Waals surface area contributed by atoms with E-state index >= 15 is 0 Å². The molecule has 182 valence electrons. The van der Waals surface area contributed by atoms with Gasteiger partial charge in [-0.25, -0.2) is 19.3 Å². The number of morpholine rings is 1. The minimum Gasteiger partial charge on any atom is -0.378 e. The zero-order chi connectivity index (χ0) is 24.9. The number of nitrogens with one attached hydrogen (secondary N) is 2. The van der Waals surface area contributed by atoms with Gasteiger partial charge in [0.1, 0.15) is 22.9 Å². The van der Waals surface area contributed by atoms with Gasteiger partial charge in [-0.2, -0.15) is 0 Å². The van der Waals surface area contributed by atoms with Crippen LogP contribution in [0.15, 0.2) is 67.0 Å². The van der Waals surface area contributed by atoms with Crippen LogP contribution in [-0.4, -0.2) is 57.1 Å². The van der Waals surface area contributed by atoms with E-state index in [4.69, 9.17) is 4.74 Å². The number of allylic oxidation sites excluding steroid dienone is 1. The molecule has 11 heteroatoms. The molecule has 36 heavy (non-hydrogen) atoms. The van der Waals surface area contributed by atoms with Gasteiger partial charge in [0.15, 0.2) is 0 Å². The maximum atomic E-state index is 13.0. The quantitative estimate of drug-likeness (QED) is 0.392. The van der Waals surface area contributed by atoms with Crippen molar-refractivity contribution in [3.05, 3.63) is 67.0 Å². The van der Waals surface area contributed by atoms with Gasteiger partial charge in [0, 0.05) is 48.8 Å². The van der Waals surface area contributed by atoms with Crippen LogP contribution in [0, 0.1) is 0 Å². The van der Waals surface area contributed by atoms with Crippen LogP contribution in [-0.2, 0) is 9.53 Å². The van der Waals surface area contributed by atoms with Gasteiger partial charge in [0.2, 0.25) is 5.95 Å². The molecule has 1 saturated heterocycles. The SMILES string of the molecule is C/C(F)=C\C(=O)Nc1ccnc(-c2nccc3cnc(Nc4ccc(N5CCOCC5)nc4)nc23)c1. The molecule has 1 fully saturated rings. The van der Waals surface area contributed by atoms with E-state index in [1.165, 1.54) is 6.92 Å². The number of pyridine rings is 3. The molecule has 1 aliphatic rings. The Morgan fingerprint density at radius 2 is 1.86 bits per heavy atom. The van der Waals surface area contributed by atoms with Crippen molar-refractivity contribution in [1.29, 1.82) is 0 Å². The van der Waals surface area contributed by atoms with Crippen LogP contribution in [0.5, 0.6) is 0 Å². The van der Waals surface area contributed by atoms with Crippen LogP contribution in [0.1, 0.15) is 6.92 Å². The first kappa shape index (κ1) is 23.2. The zero-order valence-electron chi connectivity index (χ0n) is 19.5. The third kappa shape index (κ3) is 5.41. The normalized spacial score (nSPS) is 14.1. The van der Waals surface area contributed by atoms with Crippen LogP contribution < -0.4 is 15.5 Å². The second kappa shape index (κ2) is 10.4. The molecule has 0 saturated carbocycles. The van der Waals surface area contributed by atoms with E-state index < -0.39 is 11.7 Å². The Morgan fingerprint density at radius 3 is 2.64 bits per heavy atom. The van der Waals surface area contributed by atoms with Crippen molar-refractivity contribution < 1.29 is 13.9 Å². The summed E-state index contributed by atoms with van der Waals surface area (Å²) in [4.78, 5) is 36.6. The van der Waals surface area contributed by atoms with Gasteiger partial charge in [-0.3, -0.25) is 14.8 Å². The summed E-state index contributed by atoms with van der Waals surface area (Å²) in [5.41, 5.74) is 2.81. The predicted octanol–water partition coefficient (Wildman–Crippen LogP) is 3.87. The van der Waals surface area contributed by atoms with Crippen molar-refractivity contribution in [3.8, 4) is 11.4 Å². The Hall–Kier alpha value is -4.51. The van der Waals surface area contributed by atoms with E-state index in [2.05, 4.69) is 40.5 Å². The van der Waals surface area contributed by atoms with Gasteiger partial charge in [0.25, 0.3) is 5.91 Å². The maximum absolute atomic E-state index is 13.0. The molecule has 0 spiro atoms. The first-order valence-electron chi connectivity index (χ1n) is 11.3. The van der Waals surface area contributed by atoms with E-state index in [9.17, 15) is 9.18 Å². The number of hydrogen-bond acceptors (Lipinski definition) is 9. The van der Waals surface area contributed by atoms with E-state index in [0.29, 0.717) is 41.8 Å². The number of nitrogens with zero attached hydrogens (tertiary/aromatic N) is 6. The summed E-state index contributed by atoms with van der Waals surface area (Å²) in [6.45, 7) is 4.23. The predicted molar refractivity (Wildman–Crippen MR) is 135 cm³/mol. The molecule has 4 aromatic heterocycles. The second-order valence-electron chi connectivity index (χ2n) is 8.07. The Bertz CT molecular complexity index is 1420. The van der Waals surface area contributed by atoms with Crippen LogP contribution in [0.2, 0.25) is 0 Å². The summed E-state index contributed by atoms with van der Waals surface area (Å²) < 4.78 is 18.4. The lowest BCUT2D eigenvalue weighted by atomic mass is 10.1. The summed E-state index contributed by atoms with van der Waals surface area (Å²) >= 11 is 0. The second-order valence-corrected chi connectivity index (χ2v) is 8.07. The summed E-state index contributed by atoms with van der Waals surface area (Å²) in [5.74, 6) is 0.121. The molecule has 0 aromatic carbocycles. The van der Waals surface area contributed by atoms with Crippen molar-refractivity contribution in [3.63, 3.8) is 0 Å². The molecular formula is C25H23FN8O2. The number of anilines is 4. The molecule has 0 radical (unpaired) electrons. The number of aromatic nitrogens is 5. The highest BCUT2D eigenvalue weighted by atomic mass is 19.1. The molecule has 1 aliphatic heterocycles. The summed E-state index contributed by atoms with van der Waals surface area (Å²) in [6, 6.07) is 8.96. The van der Waals surface area contributed by atoms with Crippen LogP contribution in [0.25, 0.3) is 22.3 Å². The van der Waals surface area contributed by atoms with Gasteiger partial charge in [-0.1, -0.05) is 0 Å². The number of rotatable bonds is 6. The summed E-state index contributed by atoms with van der Waals surface area (Å²) in [6.07, 6.45) is 7.50. The lowest BCUT2D eigenvalue weighted by molar-refractivity contribution is -0.112. The van der Waals surface area contributed by atoms with Crippen molar-refractivity contribution in [2.45, 2.75) is 6.92 Å². The monoisotopic (exact) mass is 486 g/mol. The van der Waals surface area contributed by atoms with E-state index in [0.717, 1.165) is 36.1 Å². The fourth-order valence-corrected chi connectivity index (χ4v) is 3.77. The van der Waals surface area contributed by atoms with Gasteiger partial charge in [0.05, 0.1) is 30.8 Å². The molecule has 5 heterocycles. The average molecular weight is 487 g/mol. The first-order chi connectivity index (χ1) is 17.5. The number of hydrogen-bond donors (Lipinski definition) is 2. The van der Waals surface area contributed by atoms with Gasteiger partial charge in [-0.05, 0) is 37.3 Å². The van der Waals surface area contributed by atoms with Crippen LogP contribution >= 0.6 is 0 Å². The molecule has 2 N–H and O–H groups in total. The Labute approximate surface area is 206 Å². The average Bonchev–Trinajstić information content (AvgIpc) is 2.89. The maximum Gasteiger partial charge on any atom is 0.250 e. The summed E-state index contributed by atoms with van der Waals surface area (Å²) in [7, 11) is 0. The molecule has 0 atom stereocenters. The third-order valence-corrected chi connectivity index (χ3v) is 5.44. The molecule has 0 unspecified atom stereocenters. The summed E-state index contributed by atoms with van der Waals surface area (Å²) in [5, 5.41) is 6.58. The van der Waals surface area contributed by atoms with Crippen molar-refractivity contribution in [2.24, 2.45) is 0 Å². The van der Waals surface area contributed by atoms with Crippen molar-refractivity contribution in [2.75, 3.05) is 41.8 Å². The van der Waals surface area contributed by atoms with Gasteiger partial charge in [-0.15, -0.1) is 0 Å². The van der Waals surface area contributed by atoms with E-state index in [1.807, 2.05) is 18.2 Å². The molecule has 0 aliphatic carbocycles. The fourth-order valence-electron chi connectivity index (χ4n) is 3.77. The fraction of sp³-hybridized carbons (Fsp3) is 0.200. The Balaban J connectivity index is 1.39. The minimum atomic E-state index is -0.583. The standard InChI is InChI=1S/C25H23FN8O2/c1-16(26)12-22(35)31-18-5-7-27-20(13-18)24-23-17(4-6-28-24)14-30-25(33-23)32-19-2-3-21(29-15-19)34-8-10-36-11-9-34/h2-7,12-15H,8-11H2,1H3,(H,27,31,35)(H,30,32,33)/b16-12+. The number of halogens is 1. The minimum absolute atomic E-state index is 0.380. The van der Waals surface area contributed by atoms with Crippen LogP contribution in [0.3, 0.4) is 0 Å². The first-order valence-corrected chi connectivity index (χ1v) is 11.3. The number of carbonyl (C=O) groups is 1. The molecule has 0 bridgehead atoms. The number of ether oxygens (including phenoxy) is 1. The molecule has 4 aromatic rings. The molecule has 10 nitrogen and oxygen atoms in total. The third-order valence-electron chi connectivity index (χ3n) is 5.44. The highest BCUT2D eigenvalue weighted by Gasteiger charge is 2.14. The van der Waals surface area contributed by atoms with Gasteiger partial charge >= 0.3 is 0 Å². The molecule has 5 rings (SSSR count). The highest BCUT2D eigenvalue weighted by molar-refractivity contribution is 6.00. The molecular weight excluding hydrogens is 463 g/mol. The number of fused-ring (bicyclic) bond motifs is 1.